The molecule has 2 saturated heterocycles. The predicted octanol–water partition coefficient (Wildman–Crippen LogP) is 2.94. The first kappa shape index (κ1) is 18.4. The van der Waals surface area contributed by atoms with Gasteiger partial charge in [0.15, 0.2) is 0 Å². The highest BCUT2D eigenvalue weighted by atomic mass is 16.1. The lowest BCUT2D eigenvalue weighted by Crippen LogP contribution is -2.48. The third-order valence-corrected chi connectivity index (χ3v) is 5.85. The van der Waals surface area contributed by atoms with Gasteiger partial charge in [-0.15, -0.1) is 0 Å². The zero-order valence-electron chi connectivity index (χ0n) is 15.5. The molecule has 2 atom stereocenters. The predicted molar refractivity (Wildman–Crippen MR) is 102 cm³/mol. The van der Waals surface area contributed by atoms with E-state index in [0.29, 0.717) is 18.5 Å². The average Bonchev–Trinajstić information content (AvgIpc) is 2.64. The first-order valence-electron chi connectivity index (χ1n) is 9.99. The summed E-state index contributed by atoms with van der Waals surface area (Å²) in [5.41, 5.74) is 1.37. The third-order valence-electron chi connectivity index (χ3n) is 5.85. The lowest BCUT2D eigenvalue weighted by Gasteiger charge is -2.38. The molecule has 1 amide bonds. The smallest absolute Gasteiger partial charge is 0.220 e. The maximum atomic E-state index is 12.3. The molecular formula is C21H33N3O. The minimum atomic E-state index is 0.257. The van der Waals surface area contributed by atoms with E-state index in [0.717, 1.165) is 51.4 Å². The number of likely N-dealkylation sites (tertiary alicyclic amines) is 1. The van der Waals surface area contributed by atoms with Gasteiger partial charge in [0, 0.05) is 31.6 Å². The van der Waals surface area contributed by atoms with Crippen molar-refractivity contribution in [2.75, 3.05) is 19.6 Å². The van der Waals surface area contributed by atoms with Crippen LogP contribution in [0.1, 0.15) is 51.0 Å². The first-order chi connectivity index (χ1) is 12.2. The Morgan fingerprint density at radius 3 is 2.68 bits per heavy atom. The quantitative estimate of drug-likeness (QED) is 0.835. The summed E-state index contributed by atoms with van der Waals surface area (Å²) in [5, 5.41) is 6.68. The van der Waals surface area contributed by atoms with Gasteiger partial charge < -0.3 is 10.6 Å². The summed E-state index contributed by atoms with van der Waals surface area (Å²) in [6, 6.07) is 11.5. The first-order valence-corrected chi connectivity index (χ1v) is 9.99. The van der Waals surface area contributed by atoms with Gasteiger partial charge in [0.05, 0.1) is 0 Å². The molecule has 0 radical (unpaired) electrons. The minimum absolute atomic E-state index is 0.257. The van der Waals surface area contributed by atoms with E-state index in [-0.39, 0.29) is 5.91 Å². The Balaban J connectivity index is 1.37. The average molecular weight is 344 g/mol. The number of nitrogens with zero attached hydrogens (tertiary/aromatic N) is 1. The molecule has 0 saturated carbocycles. The second-order valence-electron chi connectivity index (χ2n) is 7.83. The van der Waals surface area contributed by atoms with Crippen LogP contribution in [0.25, 0.3) is 0 Å². The number of carbonyl (C=O) groups excluding carboxylic acids is 1. The van der Waals surface area contributed by atoms with Crippen molar-refractivity contribution in [2.45, 2.75) is 64.1 Å². The van der Waals surface area contributed by atoms with Gasteiger partial charge >= 0.3 is 0 Å². The van der Waals surface area contributed by atoms with Crippen LogP contribution in [0.3, 0.4) is 0 Å². The molecule has 0 bridgehead atoms. The van der Waals surface area contributed by atoms with Crippen molar-refractivity contribution < 1.29 is 4.79 Å². The number of hydrogen-bond acceptors (Lipinski definition) is 3. The molecule has 1 aromatic rings. The lowest BCUT2D eigenvalue weighted by atomic mass is 9.92. The van der Waals surface area contributed by atoms with Crippen LogP contribution in [0.2, 0.25) is 0 Å². The van der Waals surface area contributed by atoms with Gasteiger partial charge in [-0.1, -0.05) is 30.3 Å². The van der Waals surface area contributed by atoms with Crippen LogP contribution in [0.5, 0.6) is 0 Å². The third kappa shape index (κ3) is 5.82. The van der Waals surface area contributed by atoms with Gasteiger partial charge in [0.1, 0.15) is 0 Å². The summed E-state index contributed by atoms with van der Waals surface area (Å²) in [5.74, 6) is 0.992. The number of amides is 1. The Labute approximate surface area is 152 Å². The molecule has 2 heterocycles. The standard InChI is InChI=1S/C21H33N3O/c1-17-15-20(11-14-24(17)16-19-5-3-2-4-6-19)23-21(25)8-7-18-9-12-22-13-10-18/h2-6,17-18,20,22H,7-16H2,1H3,(H,23,25). The van der Waals surface area contributed by atoms with Crippen molar-refractivity contribution in [3.8, 4) is 0 Å². The van der Waals surface area contributed by atoms with Crippen LogP contribution in [0.4, 0.5) is 0 Å². The van der Waals surface area contributed by atoms with Crippen molar-refractivity contribution in [1.82, 2.24) is 15.5 Å². The Hall–Kier alpha value is -1.39. The fourth-order valence-corrected chi connectivity index (χ4v) is 4.21. The van der Waals surface area contributed by atoms with Gasteiger partial charge in [-0.25, -0.2) is 0 Å². The summed E-state index contributed by atoms with van der Waals surface area (Å²) in [4.78, 5) is 14.8. The van der Waals surface area contributed by atoms with Crippen LogP contribution in [0.15, 0.2) is 30.3 Å². The Bertz CT molecular complexity index is 527. The molecule has 1 aromatic carbocycles. The minimum Gasteiger partial charge on any atom is -0.353 e. The Morgan fingerprint density at radius 2 is 1.96 bits per heavy atom. The van der Waals surface area contributed by atoms with E-state index in [4.69, 9.17) is 0 Å². The van der Waals surface area contributed by atoms with E-state index < -0.39 is 0 Å². The molecule has 0 aromatic heterocycles. The summed E-state index contributed by atoms with van der Waals surface area (Å²) in [6.45, 7) is 6.59. The lowest BCUT2D eigenvalue weighted by molar-refractivity contribution is -0.122. The molecule has 25 heavy (non-hydrogen) atoms. The summed E-state index contributed by atoms with van der Waals surface area (Å²) < 4.78 is 0. The van der Waals surface area contributed by atoms with Crippen molar-refractivity contribution in [1.29, 1.82) is 0 Å². The van der Waals surface area contributed by atoms with Crippen LogP contribution in [-0.4, -0.2) is 42.5 Å². The topological polar surface area (TPSA) is 44.4 Å². The van der Waals surface area contributed by atoms with E-state index in [2.05, 4.69) is 52.8 Å². The zero-order chi connectivity index (χ0) is 17.5. The molecule has 3 rings (SSSR count). The van der Waals surface area contributed by atoms with Crippen molar-refractivity contribution >= 4 is 5.91 Å². The second kappa shape index (κ2) is 9.35. The fraction of sp³-hybridized carbons (Fsp3) is 0.667. The molecule has 2 unspecified atom stereocenters. The van der Waals surface area contributed by atoms with Crippen LogP contribution < -0.4 is 10.6 Å². The number of carbonyl (C=O) groups is 1. The summed E-state index contributed by atoms with van der Waals surface area (Å²) >= 11 is 0. The maximum absolute atomic E-state index is 12.3. The van der Waals surface area contributed by atoms with Crippen LogP contribution in [-0.2, 0) is 11.3 Å². The monoisotopic (exact) mass is 343 g/mol. The molecule has 138 valence electrons. The Kier molecular flexibility index (Phi) is 6.88. The van der Waals surface area contributed by atoms with Crippen molar-refractivity contribution in [2.24, 2.45) is 5.92 Å². The summed E-state index contributed by atoms with van der Waals surface area (Å²) in [7, 11) is 0. The Morgan fingerprint density at radius 1 is 1.20 bits per heavy atom. The molecule has 0 aliphatic carbocycles. The van der Waals surface area contributed by atoms with E-state index in [1.807, 2.05) is 0 Å². The van der Waals surface area contributed by atoms with Gasteiger partial charge in [-0.2, -0.15) is 0 Å². The van der Waals surface area contributed by atoms with E-state index in [1.165, 1.54) is 18.4 Å². The molecule has 2 aliphatic rings. The molecule has 2 aliphatic heterocycles. The largest absolute Gasteiger partial charge is 0.353 e. The fourth-order valence-electron chi connectivity index (χ4n) is 4.21. The molecule has 0 spiro atoms. The molecule has 4 nitrogen and oxygen atoms in total. The maximum Gasteiger partial charge on any atom is 0.220 e. The molecule has 2 N–H and O–H groups in total. The normalized spacial score (nSPS) is 25.6. The SMILES string of the molecule is CC1CC(NC(=O)CCC2CCNCC2)CCN1Cc1ccccc1. The number of hydrogen-bond donors (Lipinski definition) is 2. The van der Waals surface area contributed by atoms with Gasteiger partial charge in [0.2, 0.25) is 5.91 Å². The highest BCUT2D eigenvalue weighted by molar-refractivity contribution is 5.76. The molecular weight excluding hydrogens is 310 g/mol. The van der Waals surface area contributed by atoms with Crippen LogP contribution >= 0.6 is 0 Å². The molecule has 2 fully saturated rings. The van der Waals surface area contributed by atoms with Gasteiger partial charge in [-0.05, 0) is 63.6 Å². The van der Waals surface area contributed by atoms with Crippen molar-refractivity contribution in [3.63, 3.8) is 0 Å². The van der Waals surface area contributed by atoms with Crippen LogP contribution in [0, 0.1) is 5.92 Å². The highest BCUT2D eigenvalue weighted by Crippen LogP contribution is 2.21. The van der Waals surface area contributed by atoms with Gasteiger partial charge in [0.25, 0.3) is 0 Å². The number of nitrogens with one attached hydrogen (secondary N) is 2. The van der Waals surface area contributed by atoms with E-state index in [1.54, 1.807) is 0 Å². The number of piperidine rings is 2. The van der Waals surface area contributed by atoms with E-state index >= 15 is 0 Å². The number of benzene rings is 1. The zero-order valence-corrected chi connectivity index (χ0v) is 15.5. The molecule has 4 heteroatoms. The number of rotatable bonds is 6. The summed E-state index contributed by atoms with van der Waals surface area (Å²) in [6.07, 6.45) is 6.33. The highest BCUT2D eigenvalue weighted by Gasteiger charge is 2.26. The van der Waals surface area contributed by atoms with Gasteiger partial charge in [-0.3, -0.25) is 9.69 Å². The second-order valence-corrected chi connectivity index (χ2v) is 7.83. The van der Waals surface area contributed by atoms with Crippen molar-refractivity contribution in [3.05, 3.63) is 35.9 Å². The van der Waals surface area contributed by atoms with E-state index in [9.17, 15) is 4.79 Å².